The Balaban J connectivity index is 4.16. The molecule has 0 saturated carbocycles. The summed E-state index contributed by atoms with van der Waals surface area (Å²) < 4.78 is 37.7. The van der Waals surface area contributed by atoms with Gasteiger partial charge in [-0.15, -0.1) is 0 Å². The summed E-state index contributed by atoms with van der Waals surface area (Å²) in [5, 5.41) is 0. The highest BCUT2D eigenvalue weighted by Gasteiger charge is 2.20. The summed E-state index contributed by atoms with van der Waals surface area (Å²) in [6, 6.07) is 0. The molecule has 0 amide bonds. The molecule has 6 heteroatoms. The van der Waals surface area contributed by atoms with Crippen molar-refractivity contribution in [3.05, 3.63) is 0 Å². The fourth-order valence-corrected chi connectivity index (χ4v) is 4.39. The molecule has 0 aromatic carbocycles. The Hall–Kier alpha value is 0.140. The van der Waals surface area contributed by atoms with Gasteiger partial charge in [0.05, 0.1) is 13.7 Å². The van der Waals surface area contributed by atoms with Gasteiger partial charge in [0.15, 0.2) is 0 Å². The number of hydrogen-bond donors (Lipinski definition) is 0. The zero-order valence-electron chi connectivity index (χ0n) is 7.61. The largest absolute Gasteiger partial charge is 0.323 e. The third-order valence-corrected chi connectivity index (χ3v) is 5.21. The summed E-state index contributed by atoms with van der Waals surface area (Å²) in [6.45, 7) is 4.84. The van der Waals surface area contributed by atoms with Crippen molar-refractivity contribution in [1.82, 2.24) is 0 Å². The molecular weight excluding hydrogens is 199 g/mol. The fraction of sp³-hybridized carbons (Fsp3) is 1.00. The monoisotopic (exact) mass is 214 g/mol. The van der Waals surface area contributed by atoms with Crippen LogP contribution in [0.1, 0.15) is 13.3 Å². The Morgan fingerprint density at radius 1 is 1.33 bits per heavy atom. The molecule has 0 aromatic rings. The summed E-state index contributed by atoms with van der Waals surface area (Å²) in [4.78, 5) is 0. The zero-order chi connectivity index (χ0) is 9.83. The number of hydrogen-bond acceptors (Lipinski definition) is 4. The summed E-state index contributed by atoms with van der Waals surface area (Å²) in [7, 11) is -6.10. The first-order valence-corrected chi connectivity index (χ1v) is 8.04. The maximum absolute atomic E-state index is 11.1. The second-order valence-electron chi connectivity index (χ2n) is 3.08. The topological polar surface area (TPSA) is 60.4 Å². The Morgan fingerprint density at radius 2 is 1.83 bits per heavy atom. The van der Waals surface area contributed by atoms with Crippen molar-refractivity contribution in [3.63, 3.8) is 0 Å². The highest BCUT2D eigenvalue weighted by Crippen LogP contribution is 2.37. The Bertz CT molecular complexity index is 263. The van der Waals surface area contributed by atoms with Gasteiger partial charge in [-0.2, -0.15) is 8.42 Å². The van der Waals surface area contributed by atoms with E-state index in [1.165, 1.54) is 13.3 Å². The maximum Gasteiger partial charge on any atom is 0.274 e. The van der Waals surface area contributed by atoms with Gasteiger partial charge >= 0.3 is 0 Å². The lowest BCUT2D eigenvalue weighted by molar-refractivity contribution is 0.320. The molecule has 0 N–H and O–H groups in total. The van der Waals surface area contributed by atoms with Crippen molar-refractivity contribution in [2.24, 2.45) is 0 Å². The van der Waals surface area contributed by atoms with E-state index in [2.05, 4.69) is 4.18 Å². The van der Waals surface area contributed by atoms with Crippen molar-refractivity contribution >= 4 is 17.3 Å². The molecule has 0 aliphatic rings. The van der Waals surface area contributed by atoms with Crippen LogP contribution in [0.15, 0.2) is 0 Å². The van der Waals surface area contributed by atoms with Crippen molar-refractivity contribution in [2.75, 3.05) is 25.4 Å². The molecule has 0 saturated heterocycles. The maximum atomic E-state index is 11.1. The smallest absolute Gasteiger partial charge is 0.274 e. The molecule has 12 heavy (non-hydrogen) atoms. The molecule has 0 radical (unpaired) electrons. The average molecular weight is 214 g/mol. The fourth-order valence-electron chi connectivity index (χ4n) is 0.628. The van der Waals surface area contributed by atoms with E-state index in [0.29, 0.717) is 6.42 Å². The lowest BCUT2D eigenvalue weighted by Gasteiger charge is -2.07. The minimum Gasteiger partial charge on any atom is -0.323 e. The molecule has 0 aliphatic carbocycles. The van der Waals surface area contributed by atoms with Crippen LogP contribution in [0.5, 0.6) is 0 Å². The zero-order valence-corrected chi connectivity index (χ0v) is 9.32. The first kappa shape index (κ1) is 12.1. The summed E-state index contributed by atoms with van der Waals surface area (Å²) in [6.07, 6.45) is 0.636. The summed E-state index contributed by atoms with van der Waals surface area (Å²) >= 11 is 0. The van der Waals surface area contributed by atoms with E-state index in [1.807, 2.05) is 6.92 Å². The summed E-state index contributed by atoms with van der Waals surface area (Å²) in [5.41, 5.74) is -0.361. The van der Waals surface area contributed by atoms with Gasteiger partial charge in [-0.05, 0) is 19.8 Å². The van der Waals surface area contributed by atoms with Crippen molar-refractivity contribution in [2.45, 2.75) is 13.3 Å². The van der Waals surface area contributed by atoms with Crippen LogP contribution in [0.3, 0.4) is 0 Å². The second kappa shape index (κ2) is 4.40. The van der Waals surface area contributed by atoms with Crippen LogP contribution in [0.25, 0.3) is 0 Å². The van der Waals surface area contributed by atoms with Gasteiger partial charge in [-0.1, -0.05) is 6.92 Å². The molecule has 0 aromatic heterocycles. The SMILES string of the molecule is CCCOS(=O)(=O)CP(C)(C)=O. The van der Waals surface area contributed by atoms with Gasteiger partial charge in [-0.25, -0.2) is 0 Å². The lowest BCUT2D eigenvalue weighted by atomic mass is 10.5. The molecule has 0 atom stereocenters. The van der Waals surface area contributed by atoms with Crippen LogP contribution in [0.4, 0.5) is 0 Å². The van der Waals surface area contributed by atoms with E-state index in [9.17, 15) is 13.0 Å². The van der Waals surface area contributed by atoms with Crippen LogP contribution in [0, 0.1) is 0 Å². The van der Waals surface area contributed by atoms with Crippen LogP contribution in [0.2, 0.25) is 0 Å². The van der Waals surface area contributed by atoms with Crippen LogP contribution in [-0.4, -0.2) is 33.8 Å². The molecule has 0 rings (SSSR count). The molecule has 4 nitrogen and oxygen atoms in total. The lowest BCUT2D eigenvalue weighted by Crippen LogP contribution is -2.10. The van der Waals surface area contributed by atoms with Gasteiger partial charge in [0.25, 0.3) is 10.1 Å². The van der Waals surface area contributed by atoms with Gasteiger partial charge in [0.1, 0.15) is 5.49 Å². The van der Waals surface area contributed by atoms with Crippen LogP contribution >= 0.6 is 7.14 Å². The average Bonchev–Trinajstić information content (AvgIpc) is 1.78. The first-order chi connectivity index (χ1) is 5.27. The molecule has 0 spiro atoms. The minimum atomic E-state index is -3.56. The van der Waals surface area contributed by atoms with Crippen molar-refractivity contribution in [1.29, 1.82) is 0 Å². The normalized spacial score (nSPS) is 13.2. The second-order valence-corrected chi connectivity index (χ2v) is 8.61. The minimum absolute atomic E-state index is 0.169. The highest BCUT2D eigenvalue weighted by molar-refractivity contribution is 7.95. The van der Waals surface area contributed by atoms with Crippen molar-refractivity contribution < 1.29 is 17.2 Å². The van der Waals surface area contributed by atoms with E-state index >= 15 is 0 Å². The van der Waals surface area contributed by atoms with E-state index in [4.69, 9.17) is 0 Å². The molecule has 0 fully saturated rings. The third-order valence-electron chi connectivity index (χ3n) is 0.936. The molecule has 0 bridgehead atoms. The Morgan fingerprint density at radius 3 is 2.17 bits per heavy atom. The molecular formula is C6H15O4PS. The first-order valence-electron chi connectivity index (χ1n) is 3.68. The Kier molecular flexibility index (Phi) is 4.45. The number of rotatable bonds is 5. The molecule has 74 valence electrons. The van der Waals surface area contributed by atoms with Gasteiger partial charge < -0.3 is 4.57 Å². The quantitative estimate of drug-likeness (QED) is 0.511. The van der Waals surface area contributed by atoms with Gasteiger partial charge in [0, 0.05) is 0 Å². The van der Waals surface area contributed by atoms with Crippen LogP contribution in [-0.2, 0) is 18.9 Å². The van der Waals surface area contributed by atoms with E-state index in [-0.39, 0.29) is 12.1 Å². The van der Waals surface area contributed by atoms with E-state index in [1.54, 1.807) is 0 Å². The third kappa shape index (κ3) is 6.83. The molecule has 0 unspecified atom stereocenters. The molecule has 0 aliphatic heterocycles. The van der Waals surface area contributed by atoms with Crippen LogP contribution < -0.4 is 0 Å². The predicted octanol–water partition coefficient (Wildman–Crippen LogP) is 1.32. The molecule has 0 heterocycles. The predicted molar refractivity (Wildman–Crippen MR) is 49.5 cm³/mol. The Labute approximate surface area is 73.8 Å². The van der Waals surface area contributed by atoms with Gasteiger partial charge in [-0.3, -0.25) is 4.18 Å². The van der Waals surface area contributed by atoms with Gasteiger partial charge in [0.2, 0.25) is 0 Å². The van der Waals surface area contributed by atoms with E-state index < -0.39 is 17.3 Å². The summed E-state index contributed by atoms with van der Waals surface area (Å²) in [5.74, 6) is 0. The standard InChI is InChI=1S/C6H15O4PS/c1-4-5-10-12(8,9)6-11(2,3)7/h4-6H2,1-3H3. The highest BCUT2D eigenvalue weighted by atomic mass is 32.2. The van der Waals surface area contributed by atoms with Crippen molar-refractivity contribution in [3.8, 4) is 0 Å². The van der Waals surface area contributed by atoms with E-state index in [0.717, 1.165) is 0 Å².